The molecule has 4 nitrogen and oxygen atoms in total. The van der Waals surface area contributed by atoms with E-state index in [9.17, 15) is 0 Å². The normalized spacial score (nSPS) is 26.3. The minimum absolute atomic E-state index is 0.653. The molecule has 5 heteroatoms. The zero-order valence-electron chi connectivity index (χ0n) is 13.7. The van der Waals surface area contributed by atoms with E-state index in [4.69, 9.17) is 0 Å². The van der Waals surface area contributed by atoms with Crippen molar-refractivity contribution in [2.75, 3.05) is 31.6 Å². The Bertz CT molecular complexity index is 715. The smallest absolute Gasteiger partial charge is 0.140 e. The van der Waals surface area contributed by atoms with Gasteiger partial charge in [0.05, 0.1) is 5.39 Å². The summed E-state index contributed by atoms with van der Waals surface area (Å²) < 4.78 is 0. The van der Waals surface area contributed by atoms with Gasteiger partial charge in [-0.1, -0.05) is 0 Å². The standard InChI is InChI=1S/C18H24N4S/c1-21(14-2-3-14)11-13-10-18(13)5-7-22(8-6-18)16-15-4-9-23-17(15)20-12-19-16/h4,9,12-14H,2-3,5-8,10-11H2,1H3. The Balaban J connectivity index is 1.25. The summed E-state index contributed by atoms with van der Waals surface area (Å²) in [6, 6.07) is 3.07. The molecule has 1 saturated heterocycles. The highest BCUT2D eigenvalue weighted by molar-refractivity contribution is 7.16. The van der Waals surface area contributed by atoms with Crippen molar-refractivity contribution in [1.29, 1.82) is 0 Å². The maximum absolute atomic E-state index is 4.58. The number of rotatable bonds is 4. The zero-order valence-corrected chi connectivity index (χ0v) is 14.6. The lowest BCUT2D eigenvalue weighted by molar-refractivity contribution is 0.264. The van der Waals surface area contributed by atoms with Crippen LogP contribution in [0.5, 0.6) is 0 Å². The van der Waals surface area contributed by atoms with E-state index in [1.54, 1.807) is 17.7 Å². The number of anilines is 1. The summed E-state index contributed by atoms with van der Waals surface area (Å²) in [5.74, 6) is 2.10. The van der Waals surface area contributed by atoms with Gasteiger partial charge < -0.3 is 9.80 Å². The molecule has 5 rings (SSSR count). The Hall–Kier alpha value is -1.20. The largest absolute Gasteiger partial charge is 0.356 e. The second-order valence-corrected chi connectivity index (χ2v) is 8.65. The fourth-order valence-corrected chi connectivity index (χ4v) is 5.23. The molecule has 1 aliphatic heterocycles. The lowest BCUT2D eigenvalue weighted by Gasteiger charge is -2.34. The van der Waals surface area contributed by atoms with Crippen molar-refractivity contribution < 1.29 is 0 Å². The van der Waals surface area contributed by atoms with Gasteiger partial charge in [-0.25, -0.2) is 9.97 Å². The van der Waals surface area contributed by atoms with Crippen LogP contribution in [-0.4, -0.2) is 47.6 Å². The van der Waals surface area contributed by atoms with Crippen molar-refractivity contribution in [3.8, 4) is 0 Å². The summed E-state index contributed by atoms with van der Waals surface area (Å²) >= 11 is 1.71. The third-order valence-corrected chi connectivity index (χ3v) is 7.16. The van der Waals surface area contributed by atoms with E-state index in [2.05, 4.69) is 38.3 Å². The zero-order chi connectivity index (χ0) is 15.4. The molecule has 2 aliphatic carbocycles. The fourth-order valence-electron chi connectivity index (χ4n) is 4.51. The molecule has 1 unspecified atom stereocenters. The van der Waals surface area contributed by atoms with Gasteiger partial charge in [0.2, 0.25) is 0 Å². The monoisotopic (exact) mass is 328 g/mol. The molecule has 0 N–H and O–H groups in total. The predicted molar refractivity (Wildman–Crippen MR) is 95.1 cm³/mol. The van der Waals surface area contributed by atoms with Crippen LogP contribution in [0.2, 0.25) is 0 Å². The van der Waals surface area contributed by atoms with Gasteiger partial charge in [0.25, 0.3) is 0 Å². The first-order chi connectivity index (χ1) is 11.3. The fraction of sp³-hybridized carbons (Fsp3) is 0.667. The van der Waals surface area contributed by atoms with Crippen molar-refractivity contribution in [1.82, 2.24) is 14.9 Å². The summed E-state index contributed by atoms with van der Waals surface area (Å²) in [7, 11) is 2.33. The van der Waals surface area contributed by atoms with Crippen LogP contribution in [0.15, 0.2) is 17.8 Å². The van der Waals surface area contributed by atoms with Gasteiger partial charge in [0.15, 0.2) is 0 Å². The Morgan fingerprint density at radius 1 is 1.30 bits per heavy atom. The van der Waals surface area contributed by atoms with E-state index >= 15 is 0 Å². The summed E-state index contributed by atoms with van der Waals surface area (Å²) in [6.07, 6.45) is 8.71. The van der Waals surface area contributed by atoms with Gasteiger partial charge >= 0.3 is 0 Å². The molecular formula is C18H24N4S. The lowest BCUT2D eigenvalue weighted by Crippen LogP contribution is -2.37. The number of fused-ring (bicyclic) bond motifs is 1. The van der Waals surface area contributed by atoms with Crippen LogP contribution in [0.1, 0.15) is 32.1 Å². The minimum Gasteiger partial charge on any atom is -0.356 e. The average Bonchev–Trinajstić information content (AvgIpc) is 3.47. The Morgan fingerprint density at radius 2 is 2.13 bits per heavy atom. The molecule has 0 bridgehead atoms. The maximum Gasteiger partial charge on any atom is 0.140 e. The number of hydrogen-bond donors (Lipinski definition) is 0. The Labute approximate surface area is 141 Å². The van der Waals surface area contributed by atoms with E-state index in [-0.39, 0.29) is 0 Å². The maximum atomic E-state index is 4.58. The van der Waals surface area contributed by atoms with Gasteiger partial charge in [-0.05, 0) is 61.9 Å². The predicted octanol–water partition coefficient (Wildman–Crippen LogP) is 3.39. The van der Waals surface area contributed by atoms with Gasteiger partial charge in [-0.3, -0.25) is 0 Å². The summed E-state index contributed by atoms with van der Waals surface area (Å²) in [4.78, 5) is 15.2. The van der Waals surface area contributed by atoms with Gasteiger partial charge in [0, 0.05) is 25.7 Å². The molecule has 122 valence electrons. The van der Waals surface area contributed by atoms with Crippen LogP contribution in [0.3, 0.4) is 0 Å². The molecular weight excluding hydrogens is 304 g/mol. The number of hydrogen-bond acceptors (Lipinski definition) is 5. The van der Waals surface area contributed by atoms with Crippen LogP contribution in [0.4, 0.5) is 5.82 Å². The van der Waals surface area contributed by atoms with Gasteiger partial charge in [-0.2, -0.15) is 0 Å². The number of piperidine rings is 1. The number of nitrogens with zero attached hydrogens (tertiary/aromatic N) is 4. The van der Waals surface area contributed by atoms with Gasteiger partial charge in [-0.15, -0.1) is 11.3 Å². The minimum atomic E-state index is 0.653. The molecule has 1 atom stereocenters. The molecule has 1 spiro atoms. The van der Waals surface area contributed by atoms with Crippen molar-refractivity contribution >= 4 is 27.4 Å². The van der Waals surface area contributed by atoms with Crippen molar-refractivity contribution in [2.45, 2.75) is 38.1 Å². The summed E-state index contributed by atoms with van der Waals surface area (Å²) in [5, 5.41) is 3.35. The molecule has 2 aromatic rings. The third kappa shape index (κ3) is 2.45. The molecule has 0 radical (unpaired) electrons. The van der Waals surface area contributed by atoms with E-state index in [1.165, 1.54) is 44.0 Å². The highest BCUT2D eigenvalue weighted by Gasteiger charge is 2.55. The van der Waals surface area contributed by atoms with Crippen molar-refractivity contribution in [3.63, 3.8) is 0 Å². The van der Waals surface area contributed by atoms with Crippen LogP contribution in [0.25, 0.3) is 10.2 Å². The number of aromatic nitrogens is 2. The lowest BCUT2D eigenvalue weighted by atomic mass is 9.90. The molecule has 3 aliphatic rings. The third-order valence-electron chi connectivity index (χ3n) is 6.34. The summed E-state index contributed by atoms with van der Waals surface area (Å²) in [5.41, 5.74) is 0.653. The molecule has 3 heterocycles. The molecule has 0 aromatic carbocycles. The topological polar surface area (TPSA) is 32.3 Å². The average molecular weight is 328 g/mol. The molecule has 23 heavy (non-hydrogen) atoms. The van der Waals surface area contributed by atoms with Crippen LogP contribution >= 0.6 is 11.3 Å². The first kappa shape index (κ1) is 14.2. The Morgan fingerprint density at radius 3 is 2.91 bits per heavy atom. The van der Waals surface area contributed by atoms with E-state index < -0.39 is 0 Å². The highest BCUT2D eigenvalue weighted by Crippen LogP contribution is 2.60. The molecule has 2 aromatic heterocycles. The van der Waals surface area contributed by atoms with E-state index in [0.29, 0.717) is 5.41 Å². The van der Waals surface area contributed by atoms with E-state index in [1.807, 2.05) is 0 Å². The highest BCUT2D eigenvalue weighted by atomic mass is 32.1. The number of thiophene rings is 1. The second kappa shape index (κ2) is 5.15. The molecule has 3 fully saturated rings. The van der Waals surface area contributed by atoms with Crippen LogP contribution < -0.4 is 4.90 Å². The second-order valence-electron chi connectivity index (χ2n) is 7.76. The van der Waals surface area contributed by atoms with Crippen LogP contribution in [0, 0.1) is 11.3 Å². The quantitative estimate of drug-likeness (QED) is 0.861. The Kier molecular flexibility index (Phi) is 3.17. The van der Waals surface area contributed by atoms with Gasteiger partial charge in [0.1, 0.15) is 17.0 Å². The van der Waals surface area contributed by atoms with Crippen molar-refractivity contribution in [3.05, 3.63) is 17.8 Å². The summed E-state index contributed by atoms with van der Waals surface area (Å²) in [6.45, 7) is 3.64. The van der Waals surface area contributed by atoms with Crippen LogP contribution in [-0.2, 0) is 0 Å². The first-order valence-corrected chi connectivity index (χ1v) is 9.77. The molecule has 2 saturated carbocycles. The van der Waals surface area contributed by atoms with E-state index in [0.717, 1.165) is 35.7 Å². The first-order valence-electron chi connectivity index (χ1n) is 8.89. The van der Waals surface area contributed by atoms with Crippen molar-refractivity contribution in [2.24, 2.45) is 11.3 Å². The SMILES string of the molecule is CN(CC1CC12CCN(c1ncnc3sccc13)CC2)C1CC1. The molecule has 0 amide bonds.